The Labute approximate surface area is 156 Å². The van der Waals surface area contributed by atoms with Gasteiger partial charge in [0, 0.05) is 32.8 Å². The van der Waals surface area contributed by atoms with Gasteiger partial charge in [-0.05, 0) is 48.6 Å². The third-order valence-corrected chi connectivity index (χ3v) is 4.91. The first-order chi connectivity index (χ1) is 11.4. The molecule has 0 saturated carbocycles. The van der Waals surface area contributed by atoms with E-state index in [1.807, 2.05) is 40.0 Å². The predicted octanol–water partition coefficient (Wildman–Crippen LogP) is 7.68. The third-order valence-electron chi connectivity index (χ3n) is 3.53. The first kappa shape index (κ1) is 20.7. The summed E-state index contributed by atoms with van der Waals surface area (Å²) in [6, 6.07) is 6.44. The van der Waals surface area contributed by atoms with Gasteiger partial charge >= 0.3 is 0 Å². The van der Waals surface area contributed by atoms with Crippen LogP contribution < -0.4 is 0 Å². The van der Waals surface area contributed by atoms with Gasteiger partial charge in [0.2, 0.25) is 0 Å². The molecular formula is C21H28ClNS. The molecule has 0 aliphatic rings. The van der Waals surface area contributed by atoms with Crippen LogP contribution in [0.3, 0.4) is 0 Å². The molecule has 2 heterocycles. The molecule has 24 heavy (non-hydrogen) atoms. The van der Waals surface area contributed by atoms with Crippen LogP contribution in [0, 0.1) is 0 Å². The molecule has 2 rings (SSSR count). The van der Waals surface area contributed by atoms with E-state index in [-0.39, 0.29) is 5.41 Å². The second kappa shape index (κ2) is 9.19. The fourth-order valence-electron chi connectivity index (χ4n) is 2.20. The van der Waals surface area contributed by atoms with Crippen molar-refractivity contribution < 1.29 is 0 Å². The Hall–Kier alpha value is -1.38. The average molecular weight is 362 g/mol. The van der Waals surface area contributed by atoms with E-state index in [9.17, 15) is 0 Å². The van der Waals surface area contributed by atoms with Gasteiger partial charge in [0.15, 0.2) is 0 Å². The third kappa shape index (κ3) is 5.06. The number of halogens is 1. The second-order valence-electron chi connectivity index (χ2n) is 6.22. The smallest absolute Gasteiger partial charge is 0.0463 e. The van der Waals surface area contributed by atoms with Crippen molar-refractivity contribution in [3.63, 3.8) is 0 Å². The normalized spacial score (nSPS) is 12.7. The lowest BCUT2D eigenvalue weighted by Crippen LogP contribution is -2.13. The molecule has 0 amide bonds. The fourth-order valence-corrected chi connectivity index (χ4v) is 3.48. The van der Waals surface area contributed by atoms with Crippen molar-refractivity contribution in [2.75, 3.05) is 0 Å². The summed E-state index contributed by atoms with van der Waals surface area (Å²) in [7, 11) is 0. The predicted molar refractivity (Wildman–Crippen MR) is 111 cm³/mol. The van der Waals surface area contributed by atoms with Gasteiger partial charge in [0.1, 0.15) is 0 Å². The summed E-state index contributed by atoms with van der Waals surface area (Å²) in [6.45, 7) is 14.5. The van der Waals surface area contributed by atoms with E-state index in [0.29, 0.717) is 0 Å². The van der Waals surface area contributed by atoms with Gasteiger partial charge in [-0.25, -0.2) is 0 Å². The van der Waals surface area contributed by atoms with Crippen molar-refractivity contribution in [1.82, 2.24) is 4.98 Å². The van der Waals surface area contributed by atoms with Crippen molar-refractivity contribution in [2.24, 2.45) is 0 Å². The summed E-state index contributed by atoms with van der Waals surface area (Å²) in [6.07, 6.45) is 5.88. The van der Waals surface area contributed by atoms with Crippen LogP contribution in [0.15, 0.2) is 47.0 Å². The number of hydrogen-bond acceptors (Lipinski definition) is 2. The molecule has 0 N–H and O–H groups in total. The van der Waals surface area contributed by atoms with E-state index in [4.69, 9.17) is 11.6 Å². The molecule has 130 valence electrons. The molecule has 0 fully saturated rings. The van der Waals surface area contributed by atoms with Gasteiger partial charge in [-0.2, -0.15) is 0 Å². The van der Waals surface area contributed by atoms with Gasteiger partial charge < -0.3 is 0 Å². The number of aromatic nitrogens is 1. The maximum absolute atomic E-state index is 6.30. The molecule has 0 aliphatic heterocycles. The highest BCUT2D eigenvalue weighted by Crippen LogP contribution is 2.35. The molecule has 0 radical (unpaired) electrons. The van der Waals surface area contributed by atoms with Crippen molar-refractivity contribution in [2.45, 2.75) is 53.9 Å². The van der Waals surface area contributed by atoms with E-state index in [1.54, 1.807) is 11.3 Å². The zero-order valence-corrected chi connectivity index (χ0v) is 17.3. The lowest BCUT2D eigenvalue weighted by atomic mass is 9.90. The van der Waals surface area contributed by atoms with E-state index in [0.717, 1.165) is 16.3 Å². The van der Waals surface area contributed by atoms with Crippen molar-refractivity contribution in [1.29, 1.82) is 0 Å². The first-order valence-corrected chi connectivity index (χ1v) is 9.67. The van der Waals surface area contributed by atoms with Crippen LogP contribution in [0.5, 0.6) is 0 Å². The number of allylic oxidation sites excluding steroid dienone is 4. The van der Waals surface area contributed by atoms with E-state index in [2.05, 4.69) is 55.4 Å². The minimum atomic E-state index is 0.0532. The maximum atomic E-state index is 6.30. The van der Waals surface area contributed by atoms with Crippen molar-refractivity contribution in [3.8, 4) is 11.1 Å². The van der Waals surface area contributed by atoms with E-state index in [1.165, 1.54) is 16.0 Å². The van der Waals surface area contributed by atoms with Gasteiger partial charge in [0.25, 0.3) is 0 Å². The van der Waals surface area contributed by atoms with Crippen LogP contribution in [-0.2, 0) is 5.41 Å². The number of thiophene rings is 1. The van der Waals surface area contributed by atoms with Crippen LogP contribution in [0.25, 0.3) is 16.7 Å². The molecular weight excluding hydrogens is 334 g/mol. The van der Waals surface area contributed by atoms with Crippen LogP contribution in [-0.4, -0.2) is 4.98 Å². The number of pyridine rings is 1. The topological polar surface area (TPSA) is 12.9 Å². The van der Waals surface area contributed by atoms with Gasteiger partial charge in [-0.15, -0.1) is 11.3 Å². The lowest BCUT2D eigenvalue weighted by Gasteiger charge is -2.18. The van der Waals surface area contributed by atoms with Crippen LogP contribution >= 0.6 is 22.9 Å². The summed E-state index contributed by atoms with van der Waals surface area (Å²) >= 11 is 8.02. The summed E-state index contributed by atoms with van der Waals surface area (Å²) in [5.41, 5.74) is 4.67. The maximum Gasteiger partial charge on any atom is 0.0463 e. The molecule has 2 aromatic heterocycles. The van der Waals surface area contributed by atoms with Gasteiger partial charge in [-0.3, -0.25) is 4.98 Å². The monoisotopic (exact) mass is 361 g/mol. The van der Waals surface area contributed by atoms with Crippen molar-refractivity contribution in [3.05, 3.63) is 57.5 Å². The number of rotatable bonds is 3. The number of hydrogen-bond donors (Lipinski definition) is 0. The number of nitrogens with zero attached hydrogens (tertiary/aromatic N) is 1. The minimum absolute atomic E-state index is 0.0532. The molecule has 1 nitrogen and oxygen atoms in total. The van der Waals surface area contributed by atoms with Crippen LogP contribution in [0.4, 0.5) is 0 Å². The highest BCUT2D eigenvalue weighted by atomic mass is 35.5. The molecule has 2 aromatic rings. The highest BCUT2D eigenvalue weighted by molar-refractivity contribution is 7.11. The largest absolute Gasteiger partial charge is 0.261 e. The lowest BCUT2D eigenvalue weighted by molar-refractivity contribution is 0.569. The molecule has 0 saturated heterocycles. The van der Waals surface area contributed by atoms with Crippen LogP contribution in [0.1, 0.15) is 59.0 Å². The Balaban J connectivity index is 0.00000139. The highest BCUT2D eigenvalue weighted by Gasteiger charge is 2.16. The van der Waals surface area contributed by atoms with Crippen molar-refractivity contribution >= 4 is 28.5 Å². The van der Waals surface area contributed by atoms with E-state index >= 15 is 0 Å². The molecule has 0 aliphatic carbocycles. The van der Waals surface area contributed by atoms with Crippen LogP contribution in [0.2, 0.25) is 0 Å². The standard InChI is InChI=1S/C19H22ClNS.C2H6/c1-6-15(16(20)7-2)17-10-14(12-22-17)13-8-9-21-18(11-13)19(3,4)5;1-2/h6-12H,1-5H3;1-2H3/b15-6+,16-7+;. The fraction of sp³-hybridized carbons (Fsp3) is 0.381. The van der Waals surface area contributed by atoms with Gasteiger partial charge in [0.05, 0.1) is 0 Å². The Morgan fingerprint density at radius 3 is 2.29 bits per heavy atom. The molecule has 0 aromatic carbocycles. The SMILES string of the molecule is C/C=C(\C(Cl)=C/C)c1cc(-c2ccnc(C(C)(C)C)c2)cs1.CC. The zero-order chi connectivity index (χ0) is 18.3. The molecule has 0 bridgehead atoms. The van der Waals surface area contributed by atoms with E-state index < -0.39 is 0 Å². The molecule has 0 atom stereocenters. The Bertz CT molecular complexity index is 717. The Morgan fingerprint density at radius 1 is 1.08 bits per heavy atom. The summed E-state index contributed by atoms with van der Waals surface area (Å²) in [4.78, 5) is 5.69. The summed E-state index contributed by atoms with van der Waals surface area (Å²) in [5, 5.41) is 2.97. The second-order valence-corrected chi connectivity index (χ2v) is 7.54. The molecule has 0 spiro atoms. The molecule has 3 heteroatoms. The minimum Gasteiger partial charge on any atom is -0.261 e. The first-order valence-electron chi connectivity index (χ1n) is 8.41. The molecule has 0 unspecified atom stereocenters. The Kier molecular flexibility index (Phi) is 7.92. The Morgan fingerprint density at radius 2 is 1.75 bits per heavy atom. The zero-order valence-electron chi connectivity index (χ0n) is 15.8. The summed E-state index contributed by atoms with van der Waals surface area (Å²) < 4.78 is 0. The quantitative estimate of drug-likeness (QED) is 0.511. The van der Waals surface area contributed by atoms with Gasteiger partial charge in [-0.1, -0.05) is 58.4 Å². The summed E-state index contributed by atoms with van der Waals surface area (Å²) in [5.74, 6) is 0. The average Bonchev–Trinajstić information content (AvgIpc) is 3.06.